The molecular weight excluding hydrogens is 380 g/mol. The van der Waals surface area contributed by atoms with Gasteiger partial charge in [-0.15, -0.1) is 0 Å². The van der Waals surface area contributed by atoms with Crippen LogP contribution < -0.4 is 10.2 Å². The predicted molar refractivity (Wildman–Crippen MR) is 128 cm³/mol. The topological polar surface area (TPSA) is 32.3 Å². The van der Waals surface area contributed by atoms with E-state index in [-0.39, 0.29) is 11.3 Å². The van der Waals surface area contributed by atoms with E-state index in [1.54, 1.807) is 0 Å². The van der Waals surface area contributed by atoms with E-state index in [1.807, 2.05) is 6.07 Å². The highest BCUT2D eigenvalue weighted by atomic mass is 16.2. The molecule has 1 atom stereocenters. The molecule has 2 heterocycles. The van der Waals surface area contributed by atoms with Gasteiger partial charge in [-0.3, -0.25) is 4.79 Å². The van der Waals surface area contributed by atoms with Gasteiger partial charge in [-0.1, -0.05) is 92.2 Å². The minimum absolute atomic E-state index is 0.109. The van der Waals surface area contributed by atoms with Crippen LogP contribution in [0.25, 0.3) is 17.2 Å². The van der Waals surface area contributed by atoms with E-state index in [0.29, 0.717) is 6.42 Å². The van der Waals surface area contributed by atoms with Crippen molar-refractivity contribution in [3.63, 3.8) is 0 Å². The van der Waals surface area contributed by atoms with Crippen molar-refractivity contribution in [1.29, 1.82) is 0 Å². The van der Waals surface area contributed by atoms with E-state index < -0.39 is 5.66 Å². The lowest BCUT2D eigenvalue weighted by Crippen LogP contribution is -2.68. The van der Waals surface area contributed by atoms with Gasteiger partial charge in [-0.25, -0.2) is 0 Å². The van der Waals surface area contributed by atoms with Crippen molar-refractivity contribution in [2.75, 3.05) is 11.4 Å². The molecule has 3 aromatic rings. The lowest BCUT2D eigenvalue weighted by molar-refractivity contribution is -0.124. The number of fused-ring (bicyclic) bond motifs is 3. The van der Waals surface area contributed by atoms with E-state index in [9.17, 15) is 4.79 Å². The predicted octanol–water partition coefficient (Wildman–Crippen LogP) is 5.69. The average molecular weight is 409 g/mol. The fourth-order valence-electron chi connectivity index (χ4n) is 5.10. The number of amides is 1. The molecule has 5 rings (SSSR count). The SMILES string of the molecule is Cc1ccc2c(c1)C(C)(C)[C@]1(/C=C\c3ccc(-c4ccccc4)cc3)NC(=O)CCN21. The Kier molecular flexibility index (Phi) is 4.51. The van der Waals surface area contributed by atoms with Crippen LogP contribution in [0.2, 0.25) is 0 Å². The Morgan fingerprint density at radius 2 is 1.65 bits per heavy atom. The zero-order valence-electron chi connectivity index (χ0n) is 18.4. The number of benzene rings is 3. The zero-order chi connectivity index (χ0) is 21.6. The molecular formula is C28H28N2O. The third-order valence-electron chi connectivity index (χ3n) is 6.92. The summed E-state index contributed by atoms with van der Waals surface area (Å²) in [7, 11) is 0. The molecule has 0 aromatic heterocycles. The van der Waals surface area contributed by atoms with Crippen LogP contribution in [-0.4, -0.2) is 18.1 Å². The minimum Gasteiger partial charge on any atom is -0.344 e. The van der Waals surface area contributed by atoms with Crippen LogP contribution in [0.3, 0.4) is 0 Å². The van der Waals surface area contributed by atoms with Crippen molar-refractivity contribution >= 4 is 17.7 Å². The largest absolute Gasteiger partial charge is 0.344 e. The highest BCUT2D eigenvalue weighted by molar-refractivity contribution is 5.84. The minimum atomic E-state index is -0.573. The highest BCUT2D eigenvalue weighted by Gasteiger charge is 2.57. The molecule has 3 nitrogen and oxygen atoms in total. The third-order valence-corrected chi connectivity index (χ3v) is 6.92. The number of rotatable bonds is 3. The number of hydrogen-bond donors (Lipinski definition) is 1. The molecule has 0 radical (unpaired) electrons. The van der Waals surface area contributed by atoms with Gasteiger partial charge in [0.05, 0.1) is 0 Å². The molecule has 1 fully saturated rings. The van der Waals surface area contributed by atoms with Crippen molar-refractivity contribution in [2.24, 2.45) is 0 Å². The summed E-state index contributed by atoms with van der Waals surface area (Å²) in [5.74, 6) is 0.109. The lowest BCUT2D eigenvalue weighted by atomic mass is 9.74. The molecule has 2 aliphatic rings. The first-order valence-corrected chi connectivity index (χ1v) is 11.0. The Morgan fingerprint density at radius 3 is 2.39 bits per heavy atom. The molecule has 2 aliphatic heterocycles. The lowest BCUT2D eigenvalue weighted by Gasteiger charge is -2.49. The molecule has 0 spiro atoms. The summed E-state index contributed by atoms with van der Waals surface area (Å²) in [5, 5.41) is 3.36. The summed E-state index contributed by atoms with van der Waals surface area (Å²) in [6.07, 6.45) is 4.86. The molecule has 156 valence electrons. The third kappa shape index (κ3) is 3.07. The van der Waals surface area contributed by atoms with E-state index in [0.717, 1.165) is 12.1 Å². The summed E-state index contributed by atoms with van der Waals surface area (Å²) in [4.78, 5) is 14.9. The second kappa shape index (κ2) is 7.12. The van der Waals surface area contributed by atoms with Gasteiger partial charge in [0.1, 0.15) is 5.66 Å². The summed E-state index contributed by atoms with van der Waals surface area (Å²) in [6, 6.07) is 25.6. The van der Waals surface area contributed by atoms with Crippen LogP contribution in [0.4, 0.5) is 5.69 Å². The molecule has 1 amide bonds. The van der Waals surface area contributed by atoms with Gasteiger partial charge >= 0.3 is 0 Å². The van der Waals surface area contributed by atoms with Gasteiger partial charge in [0.15, 0.2) is 0 Å². The normalized spacial score (nSPS) is 21.6. The van der Waals surface area contributed by atoms with Crippen molar-refractivity contribution < 1.29 is 4.79 Å². The number of nitrogens with zero attached hydrogens (tertiary/aromatic N) is 1. The number of nitrogens with one attached hydrogen (secondary N) is 1. The van der Waals surface area contributed by atoms with Crippen molar-refractivity contribution in [1.82, 2.24) is 5.32 Å². The summed E-state index contributed by atoms with van der Waals surface area (Å²) < 4.78 is 0. The van der Waals surface area contributed by atoms with Crippen LogP contribution in [0.15, 0.2) is 78.9 Å². The first-order valence-electron chi connectivity index (χ1n) is 11.0. The zero-order valence-corrected chi connectivity index (χ0v) is 18.4. The fourth-order valence-corrected chi connectivity index (χ4v) is 5.10. The van der Waals surface area contributed by atoms with Crippen molar-refractivity contribution in [3.05, 3.63) is 95.6 Å². The maximum atomic E-state index is 12.6. The Balaban J connectivity index is 1.53. The molecule has 1 saturated heterocycles. The standard InChI is InChI=1S/C28H28N2O/c1-20-9-14-25-24(19-20)27(2,3)28(29-26(31)16-18-30(25)28)17-15-21-10-12-23(13-11-21)22-7-5-4-6-8-22/h4-15,17,19H,16,18H2,1-3H3,(H,29,31)/b17-15-/t28-/m1/s1. The summed E-state index contributed by atoms with van der Waals surface area (Å²) in [5.41, 5.74) is 6.46. The molecule has 0 aliphatic carbocycles. The number of carbonyl (C=O) groups excluding carboxylic acids is 1. The van der Waals surface area contributed by atoms with Gasteiger partial charge in [0.25, 0.3) is 0 Å². The van der Waals surface area contributed by atoms with Crippen LogP contribution in [0.1, 0.15) is 37.0 Å². The Hall–Kier alpha value is -3.33. The monoisotopic (exact) mass is 408 g/mol. The summed E-state index contributed by atoms with van der Waals surface area (Å²) >= 11 is 0. The maximum Gasteiger partial charge on any atom is 0.223 e. The van der Waals surface area contributed by atoms with Gasteiger partial charge in [-0.2, -0.15) is 0 Å². The van der Waals surface area contributed by atoms with Crippen molar-refractivity contribution in [3.8, 4) is 11.1 Å². The molecule has 0 saturated carbocycles. The molecule has 3 aromatic carbocycles. The molecule has 0 bridgehead atoms. The molecule has 0 unspecified atom stereocenters. The van der Waals surface area contributed by atoms with Gasteiger partial charge in [0.2, 0.25) is 5.91 Å². The van der Waals surface area contributed by atoms with Crippen molar-refractivity contribution in [2.45, 2.75) is 38.3 Å². The van der Waals surface area contributed by atoms with Crippen LogP contribution in [-0.2, 0) is 10.2 Å². The highest BCUT2D eigenvalue weighted by Crippen LogP contribution is 2.52. The first kappa shape index (κ1) is 19.6. The van der Waals surface area contributed by atoms with Crippen LogP contribution in [0, 0.1) is 6.92 Å². The molecule has 31 heavy (non-hydrogen) atoms. The van der Waals surface area contributed by atoms with E-state index in [1.165, 1.54) is 27.9 Å². The van der Waals surface area contributed by atoms with Crippen LogP contribution in [0.5, 0.6) is 0 Å². The van der Waals surface area contributed by atoms with Gasteiger partial charge < -0.3 is 10.2 Å². The van der Waals surface area contributed by atoms with E-state index in [2.05, 4.69) is 110 Å². The quantitative estimate of drug-likeness (QED) is 0.604. The fraction of sp³-hybridized carbons (Fsp3) is 0.250. The number of anilines is 1. The number of hydrogen-bond acceptors (Lipinski definition) is 2. The van der Waals surface area contributed by atoms with Gasteiger partial charge in [-0.05, 0) is 41.3 Å². The summed E-state index contributed by atoms with van der Waals surface area (Å²) in [6.45, 7) is 7.32. The van der Waals surface area contributed by atoms with E-state index >= 15 is 0 Å². The number of aryl methyl sites for hydroxylation is 1. The van der Waals surface area contributed by atoms with Gasteiger partial charge in [0, 0.05) is 24.1 Å². The molecule has 1 N–H and O–H groups in total. The Labute approximate surface area is 184 Å². The van der Waals surface area contributed by atoms with E-state index in [4.69, 9.17) is 0 Å². The molecule has 3 heteroatoms. The smallest absolute Gasteiger partial charge is 0.223 e. The average Bonchev–Trinajstić information content (AvgIpc) is 2.96. The Bertz CT molecular complexity index is 1160. The maximum absolute atomic E-state index is 12.6. The Morgan fingerprint density at radius 1 is 0.935 bits per heavy atom. The number of carbonyl (C=O) groups is 1. The van der Waals surface area contributed by atoms with Crippen LogP contribution >= 0.6 is 0 Å². The second-order valence-electron chi connectivity index (χ2n) is 9.18. The second-order valence-corrected chi connectivity index (χ2v) is 9.18. The first-order chi connectivity index (χ1) is 14.9.